The van der Waals surface area contributed by atoms with Crippen molar-refractivity contribution in [2.75, 3.05) is 11.9 Å². The third-order valence-electron chi connectivity index (χ3n) is 4.25. The number of anilines is 1. The summed E-state index contributed by atoms with van der Waals surface area (Å²) in [5.41, 5.74) is 5.22. The molecule has 0 aliphatic heterocycles. The van der Waals surface area contributed by atoms with E-state index in [-0.39, 0.29) is 5.92 Å². The average Bonchev–Trinajstić information content (AvgIpc) is 2.56. The third kappa shape index (κ3) is 3.08. The minimum atomic E-state index is -0.106. The molecular formula is C19H20N2. The van der Waals surface area contributed by atoms with Gasteiger partial charge in [-0.1, -0.05) is 42.5 Å². The van der Waals surface area contributed by atoms with Crippen LogP contribution in [0.15, 0.2) is 48.5 Å². The van der Waals surface area contributed by atoms with Gasteiger partial charge in [0.15, 0.2) is 0 Å². The minimum absolute atomic E-state index is 0.106. The van der Waals surface area contributed by atoms with E-state index in [0.29, 0.717) is 6.54 Å². The summed E-state index contributed by atoms with van der Waals surface area (Å²) in [7, 11) is 0. The van der Waals surface area contributed by atoms with Crippen LogP contribution in [0, 0.1) is 11.3 Å². The van der Waals surface area contributed by atoms with Crippen molar-refractivity contribution in [3.05, 3.63) is 65.2 Å². The Morgan fingerprint density at radius 1 is 1.00 bits per heavy atom. The van der Waals surface area contributed by atoms with E-state index in [1.807, 2.05) is 30.3 Å². The molecule has 0 spiro atoms. The van der Waals surface area contributed by atoms with Crippen molar-refractivity contribution < 1.29 is 0 Å². The summed E-state index contributed by atoms with van der Waals surface area (Å²) in [6.07, 6.45) is 4.90. The van der Waals surface area contributed by atoms with E-state index < -0.39 is 0 Å². The molecule has 0 saturated heterocycles. The van der Waals surface area contributed by atoms with E-state index in [0.717, 1.165) is 12.0 Å². The molecule has 2 aromatic rings. The normalized spacial score (nSPS) is 14.8. The highest BCUT2D eigenvalue weighted by Gasteiger charge is 2.14. The van der Waals surface area contributed by atoms with Crippen LogP contribution < -0.4 is 5.32 Å². The lowest BCUT2D eigenvalue weighted by Crippen LogP contribution is -2.14. The Hall–Kier alpha value is -2.27. The molecule has 2 heteroatoms. The summed E-state index contributed by atoms with van der Waals surface area (Å²) >= 11 is 0. The lowest BCUT2D eigenvalue weighted by atomic mass is 9.90. The SMILES string of the molecule is N#CC(CNc1cccc2c1CCCC2)c1ccccc1. The molecule has 0 aromatic heterocycles. The summed E-state index contributed by atoms with van der Waals surface area (Å²) in [5.74, 6) is -0.106. The fourth-order valence-corrected chi connectivity index (χ4v) is 3.08. The number of hydrogen-bond acceptors (Lipinski definition) is 2. The van der Waals surface area contributed by atoms with Gasteiger partial charge < -0.3 is 5.32 Å². The number of benzene rings is 2. The van der Waals surface area contributed by atoms with Gasteiger partial charge in [0.05, 0.1) is 12.0 Å². The Kier molecular flexibility index (Phi) is 4.21. The summed E-state index contributed by atoms with van der Waals surface area (Å²) < 4.78 is 0. The molecule has 1 unspecified atom stereocenters. The number of nitrogens with zero attached hydrogens (tertiary/aromatic N) is 1. The van der Waals surface area contributed by atoms with E-state index in [2.05, 4.69) is 29.6 Å². The van der Waals surface area contributed by atoms with Crippen LogP contribution >= 0.6 is 0 Å². The van der Waals surface area contributed by atoms with Gasteiger partial charge in [-0.2, -0.15) is 5.26 Å². The summed E-state index contributed by atoms with van der Waals surface area (Å²) in [5, 5.41) is 12.9. The quantitative estimate of drug-likeness (QED) is 0.904. The van der Waals surface area contributed by atoms with Crippen LogP contribution in [-0.2, 0) is 12.8 Å². The predicted molar refractivity (Wildman–Crippen MR) is 86.4 cm³/mol. The molecule has 106 valence electrons. The van der Waals surface area contributed by atoms with Gasteiger partial charge in [0.25, 0.3) is 0 Å². The van der Waals surface area contributed by atoms with Gasteiger partial charge in [-0.25, -0.2) is 0 Å². The first-order valence-electron chi connectivity index (χ1n) is 7.67. The van der Waals surface area contributed by atoms with E-state index >= 15 is 0 Å². The van der Waals surface area contributed by atoms with Crippen molar-refractivity contribution in [2.45, 2.75) is 31.6 Å². The van der Waals surface area contributed by atoms with Crippen molar-refractivity contribution in [3.63, 3.8) is 0 Å². The van der Waals surface area contributed by atoms with Gasteiger partial charge in [-0.15, -0.1) is 0 Å². The predicted octanol–water partition coefficient (Wildman–Crippen LogP) is 4.28. The van der Waals surface area contributed by atoms with Crippen LogP contribution in [0.2, 0.25) is 0 Å². The molecule has 0 saturated carbocycles. The summed E-state index contributed by atoms with van der Waals surface area (Å²) in [6.45, 7) is 0.664. The molecule has 0 radical (unpaired) electrons. The molecule has 1 N–H and O–H groups in total. The van der Waals surface area contributed by atoms with Gasteiger partial charge in [0.2, 0.25) is 0 Å². The number of nitrogens with one attached hydrogen (secondary N) is 1. The number of hydrogen-bond donors (Lipinski definition) is 1. The second-order valence-corrected chi connectivity index (χ2v) is 5.62. The molecule has 2 nitrogen and oxygen atoms in total. The first-order valence-corrected chi connectivity index (χ1v) is 7.67. The number of fused-ring (bicyclic) bond motifs is 1. The lowest BCUT2D eigenvalue weighted by Gasteiger charge is -2.21. The van der Waals surface area contributed by atoms with Gasteiger partial charge in [-0.3, -0.25) is 0 Å². The van der Waals surface area contributed by atoms with Crippen LogP contribution in [0.25, 0.3) is 0 Å². The fraction of sp³-hybridized carbons (Fsp3) is 0.316. The highest BCUT2D eigenvalue weighted by atomic mass is 14.9. The standard InChI is InChI=1S/C19H20N2/c20-13-17(15-7-2-1-3-8-15)14-21-19-12-6-10-16-9-4-5-11-18(16)19/h1-3,6-8,10,12,17,21H,4-5,9,11,14H2. The zero-order valence-electron chi connectivity index (χ0n) is 12.2. The van der Waals surface area contributed by atoms with Crippen LogP contribution in [0.3, 0.4) is 0 Å². The Labute approximate surface area is 126 Å². The van der Waals surface area contributed by atoms with Crippen molar-refractivity contribution in [3.8, 4) is 6.07 Å². The van der Waals surface area contributed by atoms with Crippen molar-refractivity contribution in [1.29, 1.82) is 5.26 Å². The Morgan fingerprint density at radius 3 is 2.62 bits per heavy atom. The number of rotatable bonds is 4. The molecule has 0 amide bonds. The van der Waals surface area contributed by atoms with Crippen LogP contribution in [0.4, 0.5) is 5.69 Å². The molecule has 21 heavy (non-hydrogen) atoms. The molecule has 1 aliphatic carbocycles. The maximum Gasteiger partial charge on any atom is 0.0885 e. The Balaban J connectivity index is 1.74. The molecular weight excluding hydrogens is 256 g/mol. The van der Waals surface area contributed by atoms with E-state index in [1.165, 1.54) is 36.1 Å². The molecule has 0 bridgehead atoms. The van der Waals surface area contributed by atoms with Crippen LogP contribution in [-0.4, -0.2) is 6.54 Å². The van der Waals surface area contributed by atoms with Crippen molar-refractivity contribution in [2.24, 2.45) is 0 Å². The molecule has 0 fully saturated rings. The maximum absolute atomic E-state index is 9.41. The highest BCUT2D eigenvalue weighted by molar-refractivity contribution is 5.56. The lowest BCUT2D eigenvalue weighted by molar-refractivity contribution is 0.686. The van der Waals surface area contributed by atoms with Crippen LogP contribution in [0.5, 0.6) is 0 Å². The molecule has 0 heterocycles. The topological polar surface area (TPSA) is 35.8 Å². The highest BCUT2D eigenvalue weighted by Crippen LogP contribution is 2.28. The van der Waals surface area contributed by atoms with Gasteiger partial charge in [-0.05, 0) is 48.4 Å². The first-order chi connectivity index (χ1) is 10.4. The molecule has 3 rings (SSSR count). The molecule has 2 aromatic carbocycles. The monoisotopic (exact) mass is 276 g/mol. The van der Waals surface area contributed by atoms with Gasteiger partial charge in [0, 0.05) is 12.2 Å². The van der Waals surface area contributed by atoms with Crippen molar-refractivity contribution >= 4 is 5.69 Å². The number of aryl methyl sites for hydroxylation is 1. The van der Waals surface area contributed by atoms with E-state index in [4.69, 9.17) is 0 Å². The average molecular weight is 276 g/mol. The first kappa shape index (κ1) is 13.7. The largest absolute Gasteiger partial charge is 0.383 e. The third-order valence-corrected chi connectivity index (χ3v) is 4.25. The smallest absolute Gasteiger partial charge is 0.0885 e. The second kappa shape index (κ2) is 6.45. The number of nitriles is 1. The molecule has 1 atom stereocenters. The maximum atomic E-state index is 9.41. The molecule has 1 aliphatic rings. The minimum Gasteiger partial charge on any atom is -0.383 e. The zero-order chi connectivity index (χ0) is 14.5. The Morgan fingerprint density at radius 2 is 1.81 bits per heavy atom. The second-order valence-electron chi connectivity index (χ2n) is 5.62. The summed E-state index contributed by atoms with van der Waals surface area (Å²) in [4.78, 5) is 0. The van der Waals surface area contributed by atoms with E-state index in [9.17, 15) is 5.26 Å². The fourth-order valence-electron chi connectivity index (χ4n) is 3.08. The van der Waals surface area contributed by atoms with Gasteiger partial charge in [0.1, 0.15) is 0 Å². The Bertz CT molecular complexity index is 640. The van der Waals surface area contributed by atoms with E-state index in [1.54, 1.807) is 0 Å². The van der Waals surface area contributed by atoms with Crippen LogP contribution in [0.1, 0.15) is 35.4 Å². The zero-order valence-corrected chi connectivity index (χ0v) is 12.2. The summed E-state index contributed by atoms with van der Waals surface area (Å²) in [6, 6.07) is 18.9. The van der Waals surface area contributed by atoms with Crippen molar-refractivity contribution in [1.82, 2.24) is 0 Å². The van der Waals surface area contributed by atoms with Gasteiger partial charge >= 0.3 is 0 Å².